The van der Waals surface area contributed by atoms with Crippen LogP contribution in [-0.2, 0) is 20.0 Å². The summed E-state index contributed by atoms with van der Waals surface area (Å²) in [5.41, 5.74) is 1.00. The Kier molecular flexibility index (Phi) is 4.78. The van der Waals surface area contributed by atoms with Crippen LogP contribution in [0.4, 0.5) is 0 Å². The Labute approximate surface area is 229 Å². The number of benzene rings is 3. The van der Waals surface area contributed by atoms with E-state index < -0.39 is 23.7 Å². The van der Waals surface area contributed by atoms with Gasteiger partial charge in [0.25, 0.3) is 6.47 Å². The number of hydrogen-bond donors (Lipinski definition) is 3. The molecule has 0 aliphatic carbocycles. The summed E-state index contributed by atoms with van der Waals surface area (Å²) in [6.45, 7) is 4.52. The Bertz CT molecular complexity index is 2000. The van der Waals surface area contributed by atoms with Crippen molar-refractivity contribution in [2.45, 2.75) is 69.6 Å². The van der Waals surface area contributed by atoms with E-state index in [2.05, 4.69) is 39.2 Å². The van der Waals surface area contributed by atoms with Crippen molar-refractivity contribution in [1.82, 2.24) is 14.1 Å². The van der Waals surface area contributed by atoms with Crippen molar-refractivity contribution in [2.75, 3.05) is 0 Å². The van der Waals surface area contributed by atoms with E-state index in [0.29, 0.717) is 12.9 Å². The van der Waals surface area contributed by atoms with Crippen LogP contribution in [0.25, 0.3) is 54.4 Å². The van der Waals surface area contributed by atoms with Gasteiger partial charge < -0.3 is 33.8 Å². The third kappa shape index (κ3) is 2.66. The molecule has 2 aliphatic rings. The van der Waals surface area contributed by atoms with Crippen LogP contribution in [0.3, 0.4) is 0 Å². The van der Waals surface area contributed by atoms with E-state index in [9.17, 15) is 15.0 Å². The summed E-state index contributed by atoms with van der Waals surface area (Å²) in [6.07, 6.45) is 4.20. The number of rotatable bonds is 7. The Balaban J connectivity index is 1.58. The largest absolute Gasteiger partial charge is 0.494 e. The number of aromatic hydroxyl groups is 1. The number of carbonyl (C=O) groups is 1. The second-order valence-corrected chi connectivity index (χ2v) is 11.5. The Morgan fingerprint density at radius 2 is 1.77 bits per heavy atom. The first kappa shape index (κ1) is 23.8. The number of nitrogens with one attached hydrogen (secondary N) is 1. The Morgan fingerprint density at radius 3 is 2.52 bits per heavy atom. The van der Waals surface area contributed by atoms with Crippen LogP contribution in [-0.4, -0.2) is 42.5 Å². The van der Waals surface area contributed by atoms with Crippen LogP contribution in [0.5, 0.6) is 5.88 Å². The fourth-order valence-corrected chi connectivity index (χ4v) is 7.84. The molecule has 8 rings (SSSR count). The van der Waals surface area contributed by atoms with Crippen molar-refractivity contribution in [2.24, 2.45) is 0 Å². The molecule has 0 spiro atoms. The maximum absolute atomic E-state index is 12.8. The van der Waals surface area contributed by atoms with Gasteiger partial charge in [0, 0.05) is 39.5 Å². The normalized spacial score (nSPS) is 24.6. The molecule has 5 heterocycles. The van der Waals surface area contributed by atoms with Gasteiger partial charge >= 0.3 is 0 Å². The third-order valence-corrected chi connectivity index (χ3v) is 9.58. The number of aromatic nitrogens is 3. The molecule has 2 bridgehead atoms. The number of H-pyrrole nitrogens is 1. The highest BCUT2D eigenvalue weighted by molar-refractivity contribution is 6.37. The predicted molar refractivity (Wildman–Crippen MR) is 154 cm³/mol. The van der Waals surface area contributed by atoms with E-state index in [1.807, 2.05) is 43.5 Å². The smallest absolute Gasteiger partial charge is 0.293 e. The van der Waals surface area contributed by atoms with Gasteiger partial charge in [-0.25, -0.2) is 0 Å². The van der Waals surface area contributed by atoms with E-state index >= 15 is 0 Å². The fraction of sp³-hybridized carbons (Fsp3) is 0.344. The zero-order valence-electron chi connectivity index (χ0n) is 22.5. The molecule has 204 valence electrons. The van der Waals surface area contributed by atoms with Crippen molar-refractivity contribution in [1.29, 1.82) is 0 Å². The van der Waals surface area contributed by atoms with Gasteiger partial charge in [-0.05, 0) is 31.9 Å². The molecule has 4 atom stereocenters. The lowest BCUT2D eigenvalue weighted by Gasteiger charge is -2.43. The quantitative estimate of drug-likeness (QED) is 0.158. The van der Waals surface area contributed by atoms with E-state index in [0.717, 1.165) is 73.6 Å². The van der Waals surface area contributed by atoms with E-state index in [1.165, 1.54) is 0 Å². The zero-order chi connectivity index (χ0) is 27.4. The number of nitrogens with zero attached hydrogens (tertiary/aromatic N) is 2. The number of unbranched alkanes of at least 4 members (excludes halogenated alkanes) is 2. The third-order valence-electron chi connectivity index (χ3n) is 9.58. The van der Waals surface area contributed by atoms with Gasteiger partial charge in [0.15, 0.2) is 17.2 Å². The van der Waals surface area contributed by atoms with Crippen LogP contribution in [0, 0.1) is 0 Å². The molecule has 6 aromatic rings. The highest BCUT2D eigenvalue weighted by Gasteiger charge is 2.64. The molecule has 3 aromatic heterocycles. The summed E-state index contributed by atoms with van der Waals surface area (Å²) >= 11 is 0. The number of aromatic amines is 1. The molecule has 0 amide bonds. The van der Waals surface area contributed by atoms with E-state index in [4.69, 9.17) is 9.47 Å². The van der Waals surface area contributed by atoms with Crippen molar-refractivity contribution < 1.29 is 24.5 Å². The van der Waals surface area contributed by atoms with Crippen LogP contribution >= 0.6 is 0 Å². The second-order valence-electron chi connectivity index (χ2n) is 11.5. The first-order chi connectivity index (χ1) is 19.4. The molecule has 3 unspecified atom stereocenters. The van der Waals surface area contributed by atoms with E-state index in [1.54, 1.807) is 0 Å². The zero-order valence-corrected chi connectivity index (χ0v) is 22.5. The average Bonchev–Trinajstić information content (AvgIpc) is 3.65. The van der Waals surface area contributed by atoms with Crippen molar-refractivity contribution in [3.05, 3.63) is 54.7 Å². The number of hydrogen-bond acceptors (Lipinski definition) is 5. The number of carbonyl (C=O) groups excluding carboxylic acids is 1. The number of para-hydroxylation sites is 2. The van der Waals surface area contributed by atoms with Crippen molar-refractivity contribution >= 4 is 60.9 Å². The Morgan fingerprint density at radius 1 is 1.05 bits per heavy atom. The van der Waals surface area contributed by atoms with Gasteiger partial charge in [0.05, 0.1) is 27.5 Å². The van der Waals surface area contributed by atoms with Crippen molar-refractivity contribution in [3.8, 4) is 5.88 Å². The summed E-state index contributed by atoms with van der Waals surface area (Å²) in [4.78, 5) is 14.9. The summed E-state index contributed by atoms with van der Waals surface area (Å²) in [7, 11) is 0. The minimum absolute atomic E-state index is 0.130. The maximum atomic E-state index is 12.8. The second kappa shape index (κ2) is 8.02. The first-order valence-electron chi connectivity index (χ1n) is 14.1. The molecule has 3 aromatic carbocycles. The minimum atomic E-state index is -1.51. The van der Waals surface area contributed by atoms with Crippen molar-refractivity contribution in [3.63, 3.8) is 0 Å². The molecule has 40 heavy (non-hydrogen) atoms. The molecule has 1 fully saturated rings. The summed E-state index contributed by atoms with van der Waals surface area (Å²) in [5.74, 6) is 0.130. The molecular weight excluding hydrogens is 506 g/mol. The minimum Gasteiger partial charge on any atom is -0.494 e. The number of aliphatic hydroxyl groups is 1. The molecule has 3 N–H and O–H groups in total. The molecular formula is C32H31N3O5. The molecule has 0 radical (unpaired) electrons. The monoisotopic (exact) mass is 537 g/mol. The number of fused-ring (bicyclic) bond motifs is 13. The topological polar surface area (TPSA) is 102 Å². The highest BCUT2D eigenvalue weighted by atomic mass is 16.6. The Hall–Kier alpha value is -4.01. The van der Waals surface area contributed by atoms with Crippen LogP contribution < -0.4 is 0 Å². The van der Waals surface area contributed by atoms with Crippen LogP contribution in [0.15, 0.2) is 54.7 Å². The number of ether oxygens (including phenoxy) is 2. The molecule has 8 nitrogen and oxygen atoms in total. The lowest BCUT2D eigenvalue weighted by Crippen LogP contribution is -2.58. The van der Waals surface area contributed by atoms with Crippen LogP contribution in [0.2, 0.25) is 0 Å². The molecule has 2 aliphatic heterocycles. The molecule has 1 saturated heterocycles. The average molecular weight is 538 g/mol. The lowest BCUT2D eigenvalue weighted by atomic mass is 9.81. The molecule has 0 saturated carbocycles. The van der Waals surface area contributed by atoms with E-state index in [-0.39, 0.29) is 12.3 Å². The van der Waals surface area contributed by atoms with Gasteiger partial charge in [0.1, 0.15) is 12.3 Å². The first-order valence-corrected chi connectivity index (χ1v) is 14.1. The van der Waals surface area contributed by atoms with Gasteiger partial charge in [-0.2, -0.15) is 0 Å². The van der Waals surface area contributed by atoms with Gasteiger partial charge in [0.2, 0.25) is 0 Å². The highest BCUT2D eigenvalue weighted by Crippen LogP contribution is 2.59. The maximum Gasteiger partial charge on any atom is 0.293 e. The van der Waals surface area contributed by atoms with Gasteiger partial charge in [-0.15, -0.1) is 0 Å². The standard InChI is InChI=1S/C32H31N3O5/c1-3-4-5-14-23(39-17-36)32(38)15-24-34-21-12-8-6-10-18(21)26-27-20(16-33-30(27)37)25-19-11-7-9-13-22(19)35(29(25)28(26)34)31(32,2)40-24/h6-13,16-17,23-24,33,37-38H,3-5,14-15H2,1-2H3/t23?,24?,31-,32?/m1/s1. The summed E-state index contributed by atoms with van der Waals surface area (Å²) in [6, 6.07) is 16.3. The SMILES string of the molecule is CCCCCC(OC=O)C1(O)CC2O[C@@]1(C)n1c3ccccc3c3c4c[nH]c(O)c4c4c5ccccc5n2c4c31. The predicted octanol–water partition coefficient (Wildman–Crippen LogP) is 6.55. The van der Waals surface area contributed by atoms with Gasteiger partial charge in [-0.3, -0.25) is 4.79 Å². The summed E-state index contributed by atoms with van der Waals surface area (Å²) in [5, 5.41) is 29.5. The molecule has 8 heteroatoms. The van der Waals surface area contributed by atoms with Crippen LogP contribution in [0.1, 0.15) is 52.2 Å². The fourth-order valence-electron chi connectivity index (χ4n) is 7.84. The lowest BCUT2D eigenvalue weighted by molar-refractivity contribution is -0.218. The van der Waals surface area contributed by atoms with Gasteiger partial charge in [-0.1, -0.05) is 56.2 Å². The summed E-state index contributed by atoms with van der Waals surface area (Å²) < 4.78 is 17.0.